The molecule has 6 N–H and O–H groups in total. The zero-order valence-corrected chi connectivity index (χ0v) is 17.5. The molecule has 0 radical (unpaired) electrons. The summed E-state index contributed by atoms with van der Waals surface area (Å²) in [5.74, 6) is -2.00. The van der Waals surface area contributed by atoms with Gasteiger partial charge in [-0.1, -0.05) is 57.8 Å². The van der Waals surface area contributed by atoms with Gasteiger partial charge in [-0.3, -0.25) is 0 Å². The lowest BCUT2D eigenvalue weighted by atomic mass is 10.1. The van der Waals surface area contributed by atoms with Gasteiger partial charge < -0.3 is 31.3 Å². The molecule has 0 aromatic heterocycles. The predicted octanol–water partition coefficient (Wildman–Crippen LogP) is 0.588. The first-order chi connectivity index (χ1) is 13.0. The summed E-state index contributed by atoms with van der Waals surface area (Å²) in [5, 5.41) is 20.1. The van der Waals surface area contributed by atoms with Gasteiger partial charge in [0.25, 0.3) is 0 Å². The molecule has 0 atom stereocenters. The summed E-state index contributed by atoms with van der Waals surface area (Å²) in [4.78, 5) is 20.1. The highest BCUT2D eigenvalue weighted by Gasteiger charge is 1.93. The van der Waals surface area contributed by atoms with Crippen molar-refractivity contribution >= 4 is 11.9 Å². The zero-order valence-electron chi connectivity index (χ0n) is 17.5. The minimum absolute atomic E-state index is 0.124. The monoisotopic (exact) mass is 388 g/mol. The molecule has 162 valence electrons. The van der Waals surface area contributed by atoms with Gasteiger partial charge >= 0.3 is 0 Å². The SMILES string of the molecule is O=C([O-])CCCCCCCCC(=O)[O-].[NH3+]CCCCCCCCCCC[NH3+]. The Morgan fingerprint density at radius 2 is 0.667 bits per heavy atom. The van der Waals surface area contributed by atoms with Crippen molar-refractivity contribution in [3.8, 4) is 0 Å². The quantitative estimate of drug-likeness (QED) is 0.313. The first-order valence-electron chi connectivity index (χ1n) is 11.0. The molecule has 0 aliphatic carbocycles. The third-order valence-corrected chi connectivity index (χ3v) is 4.51. The smallest absolute Gasteiger partial charge is 0.0739 e. The lowest BCUT2D eigenvalue weighted by molar-refractivity contribution is -0.368. The minimum atomic E-state index is -0.998. The molecule has 6 heteroatoms. The van der Waals surface area contributed by atoms with Crippen LogP contribution in [-0.4, -0.2) is 25.0 Å². The van der Waals surface area contributed by atoms with E-state index in [-0.39, 0.29) is 12.8 Å². The molecule has 0 aliphatic heterocycles. The Labute approximate surface area is 166 Å². The van der Waals surface area contributed by atoms with Crippen LogP contribution in [0, 0.1) is 0 Å². The van der Waals surface area contributed by atoms with Gasteiger partial charge in [-0.2, -0.15) is 0 Å². The number of rotatable bonds is 19. The van der Waals surface area contributed by atoms with Crippen LogP contribution in [0.25, 0.3) is 0 Å². The normalized spacial score (nSPS) is 10.3. The van der Waals surface area contributed by atoms with Crippen LogP contribution in [0.5, 0.6) is 0 Å². The van der Waals surface area contributed by atoms with Gasteiger partial charge in [-0.25, -0.2) is 0 Å². The molecule has 0 aliphatic rings. The van der Waals surface area contributed by atoms with Crippen LogP contribution in [0.3, 0.4) is 0 Å². The average Bonchev–Trinajstić information content (AvgIpc) is 2.62. The van der Waals surface area contributed by atoms with E-state index in [9.17, 15) is 19.8 Å². The number of carboxylic acids is 2. The van der Waals surface area contributed by atoms with Crippen molar-refractivity contribution in [3.63, 3.8) is 0 Å². The van der Waals surface area contributed by atoms with Crippen LogP contribution < -0.4 is 21.7 Å². The Morgan fingerprint density at radius 1 is 0.444 bits per heavy atom. The highest BCUT2D eigenvalue weighted by molar-refractivity contribution is 5.64. The molecule has 0 unspecified atom stereocenters. The van der Waals surface area contributed by atoms with Crippen molar-refractivity contribution in [2.45, 2.75) is 109 Å². The maximum atomic E-state index is 10.0. The fraction of sp³-hybridized carbons (Fsp3) is 0.905. The van der Waals surface area contributed by atoms with Gasteiger partial charge in [0.05, 0.1) is 13.1 Å². The molecule has 0 amide bonds. The second-order valence-corrected chi connectivity index (χ2v) is 7.25. The minimum Gasteiger partial charge on any atom is -0.550 e. The Balaban J connectivity index is 0. The largest absolute Gasteiger partial charge is 0.550 e. The number of quaternary nitrogens is 2. The standard InChI is InChI=1S/C11H26N2.C10H18O4/c12-10-8-6-4-2-1-3-5-7-9-11-13;11-9(12)7-5-3-1-2-4-6-8-10(13)14/h1-13H2;1-8H2,(H,11,12)(H,13,14). The van der Waals surface area contributed by atoms with Crippen LogP contribution in [0.4, 0.5) is 0 Å². The second kappa shape index (κ2) is 24.9. The van der Waals surface area contributed by atoms with E-state index in [1.54, 1.807) is 0 Å². The van der Waals surface area contributed by atoms with Crippen LogP contribution in [0.2, 0.25) is 0 Å². The first-order valence-corrected chi connectivity index (χ1v) is 11.0. The van der Waals surface area contributed by atoms with Gasteiger partial charge in [-0.15, -0.1) is 0 Å². The molecule has 0 bridgehead atoms. The van der Waals surface area contributed by atoms with Gasteiger partial charge in [0.2, 0.25) is 0 Å². The summed E-state index contributed by atoms with van der Waals surface area (Å²) in [5.41, 5.74) is 7.69. The number of aliphatic carboxylic acids is 2. The second-order valence-electron chi connectivity index (χ2n) is 7.25. The van der Waals surface area contributed by atoms with Gasteiger partial charge in [0, 0.05) is 11.9 Å². The number of carbonyl (C=O) groups excluding carboxylic acids is 2. The fourth-order valence-corrected chi connectivity index (χ4v) is 2.84. The number of hydrogen-bond acceptors (Lipinski definition) is 4. The van der Waals surface area contributed by atoms with E-state index in [1.807, 2.05) is 0 Å². The van der Waals surface area contributed by atoms with Crippen LogP contribution in [-0.2, 0) is 9.59 Å². The maximum Gasteiger partial charge on any atom is 0.0739 e. The maximum absolute atomic E-state index is 10.0. The highest BCUT2D eigenvalue weighted by atomic mass is 16.4. The Morgan fingerprint density at radius 3 is 0.889 bits per heavy atom. The summed E-state index contributed by atoms with van der Waals surface area (Å²) < 4.78 is 0. The third-order valence-electron chi connectivity index (χ3n) is 4.51. The molecule has 0 rings (SSSR count). The lowest BCUT2D eigenvalue weighted by Crippen LogP contribution is -2.50. The molecule has 0 aromatic carbocycles. The topological polar surface area (TPSA) is 136 Å². The van der Waals surface area contributed by atoms with Crippen LogP contribution in [0.15, 0.2) is 0 Å². The van der Waals surface area contributed by atoms with Crippen molar-refractivity contribution < 1.29 is 31.3 Å². The predicted molar refractivity (Wildman–Crippen MR) is 104 cm³/mol. The molecule has 0 fully saturated rings. The molecular formula is C21H44N2O4. The van der Waals surface area contributed by atoms with Crippen molar-refractivity contribution in [2.24, 2.45) is 0 Å². The number of unbranched alkanes of at least 4 members (excludes halogenated alkanes) is 13. The van der Waals surface area contributed by atoms with Gasteiger partial charge in [0.1, 0.15) is 0 Å². The molecular weight excluding hydrogens is 344 g/mol. The van der Waals surface area contributed by atoms with E-state index in [4.69, 9.17) is 0 Å². The Hall–Kier alpha value is -1.14. The Bertz CT molecular complexity index is 295. The lowest BCUT2D eigenvalue weighted by Gasteiger charge is -2.03. The Kier molecular flexibility index (Phi) is 25.8. The summed E-state index contributed by atoms with van der Waals surface area (Å²) >= 11 is 0. The molecule has 0 saturated heterocycles. The van der Waals surface area contributed by atoms with E-state index >= 15 is 0 Å². The van der Waals surface area contributed by atoms with Crippen molar-refractivity contribution in [1.82, 2.24) is 0 Å². The van der Waals surface area contributed by atoms with Crippen molar-refractivity contribution in [2.75, 3.05) is 13.1 Å². The average molecular weight is 389 g/mol. The van der Waals surface area contributed by atoms with Gasteiger partial charge in [-0.05, 0) is 51.4 Å². The number of hydrogen-bond donors (Lipinski definition) is 2. The third kappa shape index (κ3) is 32.9. The summed E-state index contributed by atoms with van der Waals surface area (Å²) in [6.07, 6.45) is 17.8. The van der Waals surface area contributed by atoms with Gasteiger partial charge in [0.15, 0.2) is 0 Å². The van der Waals surface area contributed by atoms with E-state index in [0.717, 1.165) is 38.8 Å². The van der Waals surface area contributed by atoms with E-state index < -0.39 is 11.9 Å². The van der Waals surface area contributed by atoms with E-state index in [0.29, 0.717) is 12.8 Å². The van der Waals surface area contributed by atoms with E-state index in [1.165, 1.54) is 57.8 Å². The fourth-order valence-electron chi connectivity index (χ4n) is 2.84. The molecule has 0 saturated carbocycles. The number of carboxylic acid groups (broad SMARTS) is 2. The van der Waals surface area contributed by atoms with Crippen LogP contribution in [0.1, 0.15) is 109 Å². The summed E-state index contributed by atoms with van der Waals surface area (Å²) in [7, 11) is 0. The molecule has 6 nitrogen and oxygen atoms in total. The van der Waals surface area contributed by atoms with E-state index in [2.05, 4.69) is 11.5 Å². The van der Waals surface area contributed by atoms with Crippen LogP contribution >= 0.6 is 0 Å². The summed E-state index contributed by atoms with van der Waals surface area (Å²) in [6.45, 7) is 2.23. The van der Waals surface area contributed by atoms with Crippen molar-refractivity contribution in [3.05, 3.63) is 0 Å². The highest BCUT2D eigenvalue weighted by Crippen LogP contribution is 2.09. The summed E-state index contributed by atoms with van der Waals surface area (Å²) in [6, 6.07) is 0. The molecule has 27 heavy (non-hydrogen) atoms. The molecule has 0 aromatic rings. The number of carbonyl (C=O) groups is 2. The first kappa shape index (κ1) is 28.1. The van der Waals surface area contributed by atoms with Crippen molar-refractivity contribution in [1.29, 1.82) is 0 Å². The zero-order chi connectivity index (χ0) is 20.6. The molecule has 0 heterocycles. The molecule has 0 spiro atoms.